The van der Waals surface area contributed by atoms with E-state index in [9.17, 15) is 4.79 Å². The number of rotatable bonds is 5. The van der Waals surface area contributed by atoms with Crippen LogP contribution in [-0.4, -0.2) is 24.9 Å². The average Bonchev–Trinajstić information content (AvgIpc) is 2.48. The van der Waals surface area contributed by atoms with Crippen LogP contribution in [0.15, 0.2) is 42.5 Å². The molecule has 116 valence electrons. The highest BCUT2D eigenvalue weighted by Crippen LogP contribution is 2.14. The number of aryl methyl sites for hydroxylation is 1. The van der Waals surface area contributed by atoms with Gasteiger partial charge in [-0.05, 0) is 49.8 Å². The topological polar surface area (TPSA) is 58.4 Å². The molecular weight excluding hydrogens is 274 g/mol. The van der Waals surface area contributed by atoms with Crippen LogP contribution in [0, 0.1) is 6.92 Å². The number of nitrogens with one attached hydrogen (secondary N) is 1. The maximum Gasteiger partial charge on any atom is 0.251 e. The van der Waals surface area contributed by atoms with Gasteiger partial charge in [-0.2, -0.15) is 0 Å². The molecule has 0 aliphatic rings. The van der Waals surface area contributed by atoms with Gasteiger partial charge >= 0.3 is 0 Å². The van der Waals surface area contributed by atoms with Gasteiger partial charge < -0.3 is 16.0 Å². The molecule has 0 bridgehead atoms. The summed E-state index contributed by atoms with van der Waals surface area (Å²) in [5.74, 6) is -0.0931. The molecule has 0 aliphatic carbocycles. The van der Waals surface area contributed by atoms with E-state index < -0.39 is 0 Å². The van der Waals surface area contributed by atoms with E-state index in [4.69, 9.17) is 5.73 Å². The van der Waals surface area contributed by atoms with Crippen LogP contribution in [-0.2, 0) is 13.1 Å². The van der Waals surface area contributed by atoms with Crippen molar-refractivity contribution in [3.05, 3.63) is 64.7 Å². The molecule has 0 saturated heterocycles. The van der Waals surface area contributed by atoms with Gasteiger partial charge in [0, 0.05) is 24.3 Å². The first-order valence-electron chi connectivity index (χ1n) is 7.33. The second-order valence-corrected chi connectivity index (χ2v) is 5.76. The van der Waals surface area contributed by atoms with Crippen LogP contribution in [0.25, 0.3) is 0 Å². The summed E-state index contributed by atoms with van der Waals surface area (Å²) in [6, 6.07) is 13.5. The predicted molar refractivity (Wildman–Crippen MR) is 90.6 cm³/mol. The van der Waals surface area contributed by atoms with Crippen LogP contribution in [0.1, 0.15) is 27.0 Å². The lowest BCUT2D eigenvalue weighted by molar-refractivity contribution is 0.0950. The molecule has 0 radical (unpaired) electrons. The van der Waals surface area contributed by atoms with Crippen molar-refractivity contribution in [1.29, 1.82) is 0 Å². The maximum absolute atomic E-state index is 12.3. The minimum Gasteiger partial charge on any atom is -0.399 e. The van der Waals surface area contributed by atoms with Crippen molar-refractivity contribution >= 4 is 11.6 Å². The molecular formula is C18H23N3O. The van der Waals surface area contributed by atoms with E-state index in [1.54, 1.807) is 12.1 Å². The lowest BCUT2D eigenvalue weighted by atomic mass is 10.1. The largest absolute Gasteiger partial charge is 0.399 e. The van der Waals surface area contributed by atoms with Gasteiger partial charge in [0.2, 0.25) is 0 Å². The number of amides is 1. The summed E-state index contributed by atoms with van der Waals surface area (Å²) in [4.78, 5) is 14.5. The Morgan fingerprint density at radius 3 is 2.50 bits per heavy atom. The van der Waals surface area contributed by atoms with Gasteiger partial charge in [-0.15, -0.1) is 0 Å². The van der Waals surface area contributed by atoms with Crippen LogP contribution in [0.2, 0.25) is 0 Å². The first-order chi connectivity index (χ1) is 10.5. The van der Waals surface area contributed by atoms with Gasteiger partial charge in [0.05, 0.1) is 0 Å². The Labute approximate surface area is 131 Å². The Morgan fingerprint density at radius 2 is 1.82 bits per heavy atom. The van der Waals surface area contributed by atoms with Gasteiger partial charge in [-0.3, -0.25) is 4.79 Å². The summed E-state index contributed by atoms with van der Waals surface area (Å²) >= 11 is 0. The molecule has 2 rings (SSSR count). The SMILES string of the molecule is Cc1ccc(N)cc1C(=O)NCc1ccccc1CN(C)C. The highest BCUT2D eigenvalue weighted by atomic mass is 16.1. The zero-order chi connectivity index (χ0) is 16.1. The van der Waals surface area contributed by atoms with Gasteiger partial charge in [0.1, 0.15) is 0 Å². The lowest BCUT2D eigenvalue weighted by Crippen LogP contribution is -2.25. The molecule has 0 aromatic heterocycles. The standard InChI is InChI=1S/C18H23N3O/c1-13-8-9-16(19)10-17(13)18(22)20-11-14-6-4-5-7-15(14)12-21(2)3/h4-10H,11-12,19H2,1-3H3,(H,20,22). The van der Waals surface area contributed by atoms with E-state index in [0.717, 1.165) is 17.7 Å². The molecule has 22 heavy (non-hydrogen) atoms. The molecule has 0 atom stereocenters. The monoisotopic (exact) mass is 297 g/mol. The average molecular weight is 297 g/mol. The van der Waals surface area contributed by atoms with Gasteiger partial charge in [-0.25, -0.2) is 0 Å². The van der Waals surface area contributed by atoms with Gasteiger partial charge in [0.15, 0.2) is 0 Å². The molecule has 0 spiro atoms. The summed E-state index contributed by atoms with van der Waals surface area (Å²) in [5, 5.41) is 2.98. The van der Waals surface area contributed by atoms with Crippen molar-refractivity contribution in [2.45, 2.75) is 20.0 Å². The summed E-state index contributed by atoms with van der Waals surface area (Å²) < 4.78 is 0. The Balaban J connectivity index is 2.10. The number of benzene rings is 2. The summed E-state index contributed by atoms with van der Waals surface area (Å²) in [5.41, 5.74) is 10.3. The number of nitrogen functional groups attached to an aromatic ring is 1. The van der Waals surface area contributed by atoms with Gasteiger partial charge in [-0.1, -0.05) is 30.3 Å². The smallest absolute Gasteiger partial charge is 0.251 e. The quantitative estimate of drug-likeness (QED) is 0.834. The number of carbonyl (C=O) groups is 1. The van der Waals surface area contributed by atoms with Crippen molar-refractivity contribution in [3.8, 4) is 0 Å². The third kappa shape index (κ3) is 4.09. The molecule has 0 unspecified atom stereocenters. The van der Waals surface area contributed by atoms with Crippen molar-refractivity contribution in [2.75, 3.05) is 19.8 Å². The molecule has 2 aromatic carbocycles. The zero-order valence-corrected chi connectivity index (χ0v) is 13.4. The molecule has 0 fully saturated rings. The fourth-order valence-corrected chi connectivity index (χ4v) is 2.38. The normalized spacial score (nSPS) is 10.7. The van der Waals surface area contributed by atoms with Crippen molar-refractivity contribution in [2.24, 2.45) is 0 Å². The highest BCUT2D eigenvalue weighted by molar-refractivity contribution is 5.96. The Morgan fingerprint density at radius 1 is 1.14 bits per heavy atom. The number of anilines is 1. The molecule has 0 heterocycles. The van der Waals surface area contributed by atoms with Crippen LogP contribution in [0.3, 0.4) is 0 Å². The van der Waals surface area contributed by atoms with Crippen molar-refractivity contribution in [3.63, 3.8) is 0 Å². The number of hydrogen-bond donors (Lipinski definition) is 2. The van der Waals surface area contributed by atoms with Crippen LogP contribution < -0.4 is 11.1 Å². The summed E-state index contributed by atoms with van der Waals surface area (Å²) in [6.45, 7) is 3.27. The van der Waals surface area contributed by atoms with E-state index in [1.165, 1.54) is 5.56 Å². The fraction of sp³-hybridized carbons (Fsp3) is 0.278. The number of hydrogen-bond acceptors (Lipinski definition) is 3. The van der Waals surface area contributed by atoms with E-state index in [2.05, 4.69) is 16.3 Å². The first-order valence-corrected chi connectivity index (χ1v) is 7.33. The van der Waals surface area contributed by atoms with Crippen molar-refractivity contribution < 1.29 is 4.79 Å². The maximum atomic E-state index is 12.3. The highest BCUT2D eigenvalue weighted by Gasteiger charge is 2.10. The molecule has 2 aromatic rings. The second-order valence-electron chi connectivity index (χ2n) is 5.76. The molecule has 4 heteroatoms. The number of nitrogens with zero attached hydrogens (tertiary/aromatic N) is 1. The van der Waals surface area contributed by atoms with Crippen molar-refractivity contribution in [1.82, 2.24) is 10.2 Å². The Hall–Kier alpha value is -2.33. The minimum atomic E-state index is -0.0931. The van der Waals surface area contributed by atoms with Crippen LogP contribution in [0.5, 0.6) is 0 Å². The third-order valence-corrected chi connectivity index (χ3v) is 3.55. The zero-order valence-electron chi connectivity index (χ0n) is 13.4. The predicted octanol–water partition coefficient (Wildman–Crippen LogP) is 2.57. The van der Waals surface area contributed by atoms with Crippen LogP contribution in [0.4, 0.5) is 5.69 Å². The van der Waals surface area contributed by atoms with E-state index in [0.29, 0.717) is 17.8 Å². The molecule has 3 N–H and O–H groups in total. The fourth-order valence-electron chi connectivity index (χ4n) is 2.38. The van der Waals surface area contributed by atoms with Gasteiger partial charge in [0.25, 0.3) is 5.91 Å². The lowest BCUT2D eigenvalue weighted by Gasteiger charge is -2.15. The molecule has 4 nitrogen and oxygen atoms in total. The molecule has 1 amide bonds. The number of nitrogens with two attached hydrogens (primary N) is 1. The molecule has 0 aliphatic heterocycles. The Bertz CT molecular complexity index is 665. The van der Waals surface area contributed by atoms with E-state index in [1.807, 2.05) is 45.3 Å². The van der Waals surface area contributed by atoms with E-state index in [-0.39, 0.29) is 5.91 Å². The first kappa shape index (κ1) is 16.0. The third-order valence-electron chi connectivity index (χ3n) is 3.55. The minimum absolute atomic E-state index is 0.0931. The molecule has 0 saturated carbocycles. The number of carbonyl (C=O) groups excluding carboxylic acids is 1. The van der Waals surface area contributed by atoms with E-state index >= 15 is 0 Å². The second kappa shape index (κ2) is 7.09. The Kier molecular flexibility index (Phi) is 5.17. The summed E-state index contributed by atoms with van der Waals surface area (Å²) in [7, 11) is 4.07. The summed E-state index contributed by atoms with van der Waals surface area (Å²) in [6.07, 6.45) is 0. The van der Waals surface area contributed by atoms with Crippen LogP contribution >= 0.6 is 0 Å².